The Hall–Kier alpha value is -3.60. The average molecular weight is 402 g/mol. The Bertz CT molecular complexity index is 1160. The number of hydrogen-bond donors (Lipinski definition) is 2. The highest BCUT2D eigenvalue weighted by Gasteiger charge is 2.20. The van der Waals surface area contributed by atoms with Crippen LogP contribution < -0.4 is 10.1 Å². The molecule has 1 unspecified atom stereocenters. The van der Waals surface area contributed by atoms with Crippen LogP contribution in [0.5, 0.6) is 11.5 Å². The zero-order chi connectivity index (χ0) is 21.1. The van der Waals surface area contributed by atoms with Crippen molar-refractivity contribution in [2.24, 2.45) is 0 Å². The van der Waals surface area contributed by atoms with E-state index in [0.717, 1.165) is 28.1 Å². The molecule has 0 fully saturated rings. The van der Waals surface area contributed by atoms with Crippen LogP contribution in [0.4, 0.5) is 10.1 Å². The minimum absolute atomic E-state index is 0.115. The fourth-order valence-corrected chi connectivity index (χ4v) is 3.50. The molecule has 4 rings (SSSR count). The maximum Gasteiger partial charge on any atom is 0.147 e. The van der Waals surface area contributed by atoms with Gasteiger partial charge in [0.05, 0.1) is 12.6 Å². The number of aryl methyl sites for hydroxylation is 1. The Balaban J connectivity index is 1.78. The van der Waals surface area contributed by atoms with Crippen molar-refractivity contribution >= 4 is 16.6 Å². The van der Waals surface area contributed by atoms with Crippen LogP contribution in [-0.4, -0.2) is 16.7 Å². The minimum Gasteiger partial charge on any atom is -0.505 e. The van der Waals surface area contributed by atoms with Gasteiger partial charge >= 0.3 is 0 Å². The Morgan fingerprint density at radius 2 is 1.67 bits per heavy atom. The van der Waals surface area contributed by atoms with Crippen molar-refractivity contribution in [1.29, 1.82) is 0 Å². The van der Waals surface area contributed by atoms with Crippen molar-refractivity contribution in [1.82, 2.24) is 4.98 Å². The molecule has 0 bridgehead atoms. The summed E-state index contributed by atoms with van der Waals surface area (Å²) in [6, 6.07) is 21.2. The van der Waals surface area contributed by atoms with Gasteiger partial charge in [-0.2, -0.15) is 0 Å². The molecule has 30 heavy (non-hydrogen) atoms. The summed E-state index contributed by atoms with van der Waals surface area (Å²) in [6.45, 7) is 4.43. The topological polar surface area (TPSA) is 54.4 Å². The van der Waals surface area contributed by atoms with Gasteiger partial charge in [-0.25, -0.2) is 9.37 Å². The van der Waals surface area contributed by atoms with Gasteiger partial charge in [-0.05, 0) is 61.9 Å². The molecule has 152 valence electrons. The number of hydrogen-bond acceptors (Lipinski definition) is 4. The monoisotopic (exact) mass is 402 g/mol. The molecule has 0 saturated carbocycles. The lowest BCUT2D eigenvalue weighted by molar-refractivity contribution is 0.340. The number of pyridine rings is 1. The van der Waals surface area contributed by atoms with E-state index in [4.69, 9.17) is 4.74 Å². The van der Waals surface area contributed by atoms with Crippen LogP contribution in [-0.2, 0) is 0 Å². The number of anilines is 1. The first kappa shape index (κ1) is 19.7. The third-order valence-electron chi connectivity index (χ3n) is 5.00. The van der Waals surface area contributed by atoms with E-state index < -0.39 is 6.04 Å². The van der Waals surface area contributed by atoms with Crippen LogP contribution in [0.3, 0.4) is 0 Å². The standard InChI is InChI=1S/C25H23FN2O2/c1-3-30-21-13-11-20(12-14-21)28-23(17-6-9-19(26)10-7-17)22-15-8-18-5-4-16(2)27-24(18)25(22)29/h4-15,23,28-29H,3H2,1-2H3. The van der Waals surface area contributed by atoms with E-state index in [1.807, 2.05) is 62.4 Å². The quantitative estimate of drug-likeness (QED) is 0.416. The third kappa shape index (κ3) is 4.06. The van der Waals surface area contributed by atoms with Crippen molar-refractivity contribution in [3.05, 3.63) is 95.4 Å². The molecule has 0 spiro atoms. The highest BCUT2D eigenvalue weighted by atomic mass is 19.1. The zero-order valence-electron chi connectivity index (χ0n) is 16.9. The lowest BCUT2D eigenvalue weighted by Crippen LogP contribution is -2.13. The smallest absolute Gasteiger partial charge is 0.147 e. The molecule has 4 nitrogen and oxygen atoms in total. The summed E-state index contributed by atoms with van der Waals surface area (Å²) in [7, 11) is 0. The number of phenolic OH excluding ortho intramolecular Hbond substituents is 1. The van der Waals surface area contributed by atoms with Crippen molar-refractivity contribution in [2.45, 2.75) is 19.9 Å². The summed E-state index contributed by atoms with van der Waals surface area (Å²) < 4.78 is 19.0. The van der Waals surface area contributed by atoms with Gasteiger partial charge < -0.3 is 15.2 Å². The lowest BCUT2D eigenvalue weighted by Gasteiger charge is -2.23. The van der Waals surface area contributed by atoms with Gasteiger partial charge in [-0.15, -0.1) is 0 Å². The molecule has 0 saturated heterocycles. The van der Waals surface area contributed by atoms with Crippen molar-refractivity contribution in [2.75, 3.05) is 11.9 Å². The number of halogens is 1. The summed E-state index contributed by atoms with van der Waals surface area (Å²) in [5.74, 6) is 0.595. The molecule has 5 heteroatoms. The van der Waals surface area contributed by atoms with Gasteiger partial charge in [0.2, 0.25) is 0 Å². The Morgan fingerprint density at radius 3 is 2.37 bits per heavy atom. The zero-order valence-corrected chi connectivity index (χ0v) is 16.9. The van der Waals surface area contributed by atoms with Gasteiger partial charge in [0.25, 0.3) is 0 Å². The number of nitrogens with zero attached hydrogens (tertiary/aromatic N) is 1. The van der Waals surface area contributed by atoms with Crippen molar-refractivity contribution in [3.63, 3.8) is 0 Å². The molecule has 0 aliphatic rings. The van der Waals surface area contributed by atoms with Crippen molar-refractivity contribution in [3.8, 4) is 11.5 Å². The van der Waals surface area contributed by atoms with E-state index in [-0.39, 0.29) is 11.6 Å². The number of nitrogens with one attached hydrogen (secondary N) is 1. The summed E-state index contributed by atoms with van der Waals surface area (Å²) in [4.78, 5) is 4.51. The molecule has 3 aromatic carbocycles. The summed E-state index contributed by atoms with van der Waals surface area (Å²) >= 11 is 0. The second-order valence-corrected chi connectivity index (χ2v) is 7.11. The highest BCUT2D eigenvalue weighted by Crippen LogP contribution is 2.37. The second-order valence-electron chi connectivity index (χ2n) is 7.11. The third-order valence-corrected chi connectivity index (χ3v) is 5.00. The van der Waals surface area contributed by atoms with Crippen LogP contribution in [0.2, 0.25) is 0 Å². The predicted molar refractivity (Wildman–Crippen MR) is 118 cm³/mol. The minimum atomic E-state index is -0.393. The highest BCUT2D eigenvalue weighted by molar-refractivity contribution is 5.86. The van der Waals surface area contributed by atoms with Gasteiger partial charge in [0.1, 0.15) is 22.8 Å². The van der Waals surface area contributed by atoms with E-state index in [1.54, 1.807) is 12.1 Å². The first-order chi connectivity index (χ1) is 14.5. The van der Waals surface area contributed by atoms with Gasteiger partial charge in [0.15, 0.2) is 0 Å². The second kappa shape index (κ2) is 8.41. The largest absolute Gasteiger partial charge is 0.505 e. The molecule has 0 aliphatic heterocycles. The predicted octanol–water partition coefficient (Wildman–Crippen LogP) is 5.99. The van der Waals surface area contributed by atoms with Gasteiger partial charge in [-0.3, -0.25) is 0 Å². The number of ether oxygens (including phenoxy) is 1. The van der Waals surface area contributed by atoms with Crippen LogP contribution in [0.1, 0.15) is 29.8 Å². The number of aromatic hydroxyl groups is 1. The molecular weight excluding hydrogens is 379 g/mol. The number of benzene rings is 3. The maximum absolute atomic E-state index is 13.5. The summed E-state index contributed by atoms with van der Waals surface area (Å²) in [5, 5.41) is 15.4. The molecule has 1 atom stereocenters. The summed E-state index contributed by atoms with van der Waals surface area (Å²) in [5.41, 5.74) is 3.72. The van der Waals surface area contributed by atoms with E-state index in [1.165, 1.54) is 12.1 Å². The first-order valence-corrected chi connectivity index (χ1v) is 9.89. The first-order valence-electron chi connectivity index (χ1n) is 9.89. The molecule has 0 radical (unpaired) electrons. The number of fused-ring (bicyclic) bond motifs is 1. The molecule has 2 N–H and O–H groups in total. The number of rotatable bonds is 6. The molecule has 0 aliphatic carbocycles. The van der Waals surface area contributed by atoms with E-state index in [0.29, 0.717) is 17.7 Å². The fourth-order valence-electron chi connectivity index (χ4n) is 3.50. The summed E-state index contributed by atoms with van der Waals surface area (Å²) in [6.07, 6.45) is 0. The van der Waals surface area contributed by atoms with E-state index >= 15 is 0 Å². The Kier molecular flexibility index (Phi) is 5.53. The van der Waals surface area contributed by atoms with Crippen LogP contribution in [0.15, 0.2) is 72.8 Å². The Morgan fingerprint density at radius 1 is 0.967 bits per heavy atom. The molecule has 0 amide bonds. The van der Waals surface area contributed by atoms with Gasteiger partial charge in [0, 0.05) is 22.3 Å². The Labute approximate surface area is 175 Å². The van der Waals surface area contributed by atoms with Crippen LogP contribution >= 0.6 is 0 Å². The van der Waals surface area contributed by atoms with E-state index in [9.17, 15) is 9.50 Å². The lowest BCUT2D eigenvalue weighted by atomic mass is 9.95. The van der Waals surface area contributed by atoms with Gasteiger partial charge in [-0.1, -0.05) is 30.3 Å². The van der Waals surface area contributed by atoms with Crippen LogP contribution in [0, 0.1) is 12.7 Å². The number of aromatic nitrogens is 1. The molecule has 1 aromatic heterocycles. The number of phenols is 1. The SMILES string of the molecule is CCOc1ccc(NC(c2ccc(F)cc2)c2ccc3ccc(C)nc3c2O)cc1. The van der Waals surface area contributed by atoms with Crippen LogP contribution in [0.25, 0.3) is 10.9 Å². The average Bonchev–Trinajstić information content (AvgIpc) is 2.75. The molecule has 4 aromatic rings. The molecular formula is C25H23FN2O2. The maximum atomic E-state index is 13.5. The van der Waals surface area contributed by atoms with Crippen molar-refractivity contribution < 1.29 is 14.2 Å². The van der Waals surface area contributed by atoms with E-state index in [2.05, 4.69) is 10.3 Å². The fraction of sp³-hybridized carbons (Fsp3) is 0.160. The normalized spacial score (nSPS) is 12.0. The molecule has 1 heterocycles.